The molecule has 4 atom stereocenters. The number of rotatable bonds is 3. The van der Waals surface area contributed by atoms with Gasteiger partial charge in [0.05, 0.1) is 0 Å². The molecule has 5 heteroatoms. The highest BCUT2D eigenvalue weighted by molar-refractivity contribution is 6.05. The van der Waals surface area contributed by atoms with Crippen LogP contribution in [0.15, 0.2) is 30.3 Å². The number of benzene rings is 1. The van der Waals surface area contributed by atoms with Gasteiger partial charge < -0.3 is 10.2 Å². The lowest BCUT2D eigenvalue weighted by Gasteiger charge is -2.45. The average molecular weight is 289 g/mol. The first-order valence-corrected chi connectivity index (χ1v) is 7.22. The zero-order valence-electron chi connectivity index (χ0n) is 11.9. The van der Waals surface area contributed by atoms with E-state index in [4.69, 9.17) is 0 Å². The summed E-state index contributed by atoms with van der Waals surface area (Å²) in [5, 5.41) is 20.5. The molecule has 2 saturated heterocycles. The number of carboxylic acid groups (broad SMARTS) is 1. The molecule has 0 amide bonds. The van der Waals surface area contributed by atoms with Crippen molar-refractivity contribution in [3.05, 3.63) is 35.9 Å². The smallest absolute Gasteiger partial charge is 0.311 e. The van der Waals surface area contributed by atoms with Crippen LogP contribution >= 0.6 is 0 Å². The Morgan fingerprint density at radius 2 is 1.90 bits per heavy atom. The van der Waals surface area contributed by atoms with E-state index in [0.717, 1.165) is 6.42 Å². The predicted molar refractivity (Wildman–Crippen MR) is 76.0 cm³/mol. The molecule has 5 nitrogen and oxygen atoms in total. The maximum Gasteiger partial charge on any atom is 0.311 e. The molecule has 0 spiro atoms. The Morgan fingerprint density at radius 3 is 2.52 bits per heavy atom. The van der Waals surface area contributed by atoms with Crippen LogP contribution in [-0.2, 0) is 4.79 Å². The number of fused-ring (bicyclic) bond motifs is 2. The Bertz CT molecular complexity index is 573. The quantitative estimate of drug-likeness (QED) is 0.817. The predicted octanol–water partition coefficient (Wildman–Crippen LogP) is 1.17. The molecule has 0 radical (unpaired) electrons. The summed E-state index contributed by atoms with van der Waals surface area (Å²) >= 11 is 0. The van der Waals surface area contributed by atoms with Crippen LogP contribution in [0.25, 0.3) is 0 Å². The average Bonchev–Trinajstić information content (AvgIpc) is 2.72. The number of hydrogen-bond donors (Lipinski definition) is 2. The second kappa shape index (κ2) is 4.93. The van der Waals surface area contributed by atoms with Gasteiger partial charge in [0.2, 0.25) is 0 Å². The van der Waals surface area contributed by atoms with Crippen molar-refractivity contribution < 1.29 is 19.8 Å². The fourth-order valence-electron chi connectivity index (χ4n) is 3.94. The Hall–Kier alpha value is -1.72. The first kappa shape index (κ1) is 14.2. The van der Waals surface area contributed by atoms with Gasteiger partial charge in [-0.15, -0.1) is 0 Å². The summed E-state index contributed by atoms with van der Waals surface area (Å²) in [6.45, 7) is 0. The number of piperidine rings is 1. The van der Waals surface area contributed by atoms with Crippen molar-refractivity contribution in [2.75, 3.05) is 7.05 Å². The highest BCUT2D eigenvalue weighted by atomic mass is 16.4. The molecule has 2 bridgehead atoms. The lowest BCUT2D eigenvalue weighted by atomic mass is 9.72. The van der Waals surface area contributed by atoms with E-state index in [0.29, 0.717) is 12.0 Å². The number of aliphatic carboxylic acids is 1. The first-order chi connectivity index (χ1) is 9.95. The highest BCUT2D eigenvalue weighted by Gasteiger charge is 2.60. The van der Waals surface area contributed by atoms with Crippen LogP contribution in [0.4, 0.5) is 0 Å². The molecule has 0 aromatic heterocycles. The SMILES string of the molecule is CN1[C@H]2CC[C@@H]1[C@@H](C(=O)O)[C@](O)(C(=O)c1ccccc1)C2. The van der Waals surface area contributed by atoms with Crippen molar-refractivity contribution in [3.8, 4) is 0 Å². The number of Topliss-reactive ketones (excluding diaryl/α,β-unsaturated/α-hetero) is 1. The van der Waals surface area contributed by atoms with Crippen LogP contribution in [0.2, 0.25) is 0 Å². The van der Waals surface area contributed by atoms with Gasteiger partial charge in [-0.1, -0.05) is 30.3 Å². The molecule has 1 aromatic rings. The van der Waals surface area contributed by atoms with E-state index in [1.807, 2.05) is 11.9 Å². The molecule has 0 aliphatic carbocycles. The van der Waals surface area contributed by atoms with Gasteiger partial charge in [-0.3, -0.25) is 14.5 Å². The fraction of sp³-hybridized carbons (Fsp3) is 0.500. The van der Waals surface area contributed by atoms with E-state index in [1.54, 1.807) is 30.3 Å². The molecular weight excluding hydrogens is 270 g/mol. The Balaban J connectivity index is 2.02. The first-order valence-electron chi connectivity index (χ1n) is 7.22. The topological polar surface area (TPSA) is 77.8 Å². The summed E-state index contributed by atoms with van der Waals surface area (Å²) in [6, 6.07) is 8.26. The van der Waals surface area contributed by atoms with Gasteiger partial charge in [-0.25, -0.2) is 0 Å². The lowest BCUT2D eigenvalue weighted by molar-refractivity contribution is -0.158. The number of aliphatic hydroxyl groups is 1. The van der Waals surface area contributed by atoms with Crippen LogP contribution in [0.5, 0.6) is 0 Å². The standard InChI is InChI=1S/C16H19NO4/c1-17-11-7-8-12(17)13(15(19)20)16(21,9-11)14(18)10-5-3-2-4-6-10/h2-6,11-13,21H,7-9H2,1H3,(H,19,20)/t11-,12+,13-,16-/m0/s1. The summed E-state index contributed by atoms with van der Waals surface area (Å²) in [5.74, 6) is -2.64. The maximum atomic E-state index is 12.7. The zero-order chi connectivity index (χ0) is 15.2. The van der Waals surface area contributed by atoms with Crippen molar-refractivity contribution in [2.24, 2.45) is 5.92 Å². The van der Waals surface area contributed by atoms with Crippen molar-refractivity contribution >= 4 is 11.8 Å². The minimum atomic E-state index is -1.81. The van der Waals surface area contributed by atoms with Gasteiger partial charge in [0, 0.05) is 24.1 Å². The van der Waals surface area contributed by atoms with Gasteiger partial charge in [0.15, 0.2) is 5.78 Å². The van der Waals surface area contributed by atoms with Crippen LogP contribution in [0, 0.1) is 5.92 Å². The van der Waals surface area contributed by atoms with Crippen molar-refractivity contribution in [1.29, 1.82) is 0 Å². The summed E-state index contributed by atoms with van der Waals surface area (Å²) in [7, 11) is 1.88. The molecule has 112 valence electrons. The van der Waals surface area contributed by atoms with Gasteiger partial charge in [-0.05, 0) is 19.9 Å². The largest absolute Gasteiger partial charge is 0.481 e. The third-order valence-electron chi connectivity index (χ3n) is 5.04. The summed E-state index contributed by atoms with van der Waals surface area (Å²) in [4.78, 5) is 26.4. The zero-order valence-corrected chi connectivity index (χ0v) is 11.9. The normalized spacial score (nSPS) is 35.6. The van der Waals surface area contributed by atoms with Crippen molar-refractivity contribution in [1.82, 2.24) is 4.90 Å². The maximum absolute atomic E-state index is 12.7. The van der Waals surface area contributed by atoms with E-state index in [-0.39, 0.29) is 18.5 Å². The van der Waals surface area contributed by atoms with Crippen LogP contribution in [0.3, 0.4) is 0 Å². The number of carbonyl (C=O) groups is 2. The lowest BCUT2D eigenvalue weighted by Crippen LogP contribution is -2.62. The summed E-state index contributed by atoms with van der Waals surface area (Å²) in [5.41, 5.74) is -1.44. The molecule has 2 aliphatic heterocycles. The molecular formula is C16H19NO4. The highest BCUT2D eigenvalue weighted by Crippen LogP contribution is 2.45. The molecule has 2 fully saturated rings. The minimum absolute atomic E-state index is 0.0725. The second-order valence-electron chi connectivity index (χ2n) is 6.10. The molecule has 0 saturated carbocycles. The summed E-state index contributed by atoms with van der Waals surface area (Å²) < 4.78 is 0. The number of carbonyl (C=O) groups excluding carboxylic acids is 1. The van der Waals surface area contributed by atoms with E-state index in [1.165, 1.54) is 0 Å². The fourth-order valence-corrected chi connectivity index (χ4v) is 3.94. The van der Waals surface area contributed by atoms with Gasteiger partial charge >= 0.3 is 5.97 Å². The van der Waals surface area contributed by atoms with Crippen LogP contribution in [-0.4, -0.2) is 51.6 Å². The third-order valence-corrected chi connectivity index (χ3v) is 5.04. The molecule has 1 aromatic carbocycles. The van der Waals surface area contributed by atoms with Crippen LogP contribution < -0.4 is 0 Å². The molecule has 21 heavy (non-hydrogen) atoms. The number of ketones is 1. The molecule has 0 unspecified atom stereocenters. The van der Waals surface area contributed by atoms with E-state index >= 15 is 0 Å². The molecule has 2 heterocycles. The number of hydrogen-bond acceptors (Lipinski definition) is 4. The van der Waals surface area contributed by atoms with E-state index in [2.05, 4.69) is 0 Å². The second-order valence-corrected chi connectivity index (χ2v) is 6.10. The monoisotopic (exact) mass is 289 g/mol. The molecule has 3 rings (SSSR count). The number of carboxylic acids is 1. The van der Waals surface area contributed by atoms with Gasteiger partial charge in [0.1, 0.15) is 11.5 Å². The van der Waals surface area contributed by atoms with Gasteiger partial charge in [0.25, 0.3) is 0 Å². The molecule has 2 N–H and O–H groups in total. The Morgan fingerprint density at radius 1 is 1.24 bits per heavy atom. The molecule has 2 aliphatic rings. The summed E-state index contributed by atoms with van der Waals surface area (Å²) in [6.07, 6.45) is 1.72. The van der Waals surface area contributed by atoms with E-state index in [9.17, 15) is 19.8 Å². The number of nitrogens with zero attached hydrogens (tertiary/aromatic N) is 1. The van der Waals surface area contributed by atoms with Crippen LogP contribution in [0.1, 0.15) is 29.6 Å². The van der Waals surface area contributed by atoms with Gasteiger partial charge in [-0.2, -0.15) is 0 Å². The Kier molecular flexibility index (Phi) is 3.34. The minimum Gasteiger partial charge on any atom is -0.481 e. The van der Waals surface area contributed by atoms with E-state index < -0.39 is 23.3 Å². The van der Waals surface area contributed by atoms with Crippen molar-refractivity contribution in [2.45, 2.75) is 36.9 Å². The Labute approximate surface area is 123 Å². The third kappa shape index (κ3) is 2.08. The van der Waals surface area contributed by atoms with Crippen molar-refractivity contribution in [3.63, 3.8) is 0 Å².